The highest BCUT2D eigenvalue weighted by molar-refractivity contribution is 5.94. The van der Waals surface area contributed by atoms with Crippen molar-refractivity contribution in [2.24, 2.45) is 0 Å². The lowest BCUT2D eigenvalue weighted by atomic mass is 10.0. The lowest BCUT2D eigenvalue weighted by Gasteiger charge is -2.33. The van der Waals surface area contributed by atoms with E-state index in [2.05, 4.69) is 25.8 Å². The molecule has 0 atom stereocenters. The first-order valence-corrected chi connectivity index (χ1v) is 9.27. The van der Waals surface area contributed by atoms with Gasteiger partial charge in [-0.05, 0) is 25.0 Å². The maximum absolute atomic E-state index is 12.7. The molecule has 1 saturated heterocycles. The van der Waals surface area contributed by atoms with Crippen molar-refractivity contribution in [1.29, 1.82) is 0 Å². The SMILES string of the molecule is Cl.O=C(NC1CCN(c2ccc(C(F)(F)F)cn2)CC1)c1n[nH]c2c1CNCC2. The quantitative estimate of drug-likeness (QED) is 0.695. The molecular weight excluding hydrogens is 409 g/mol. The Bertz CT molecular complexity index is 846. The minimum absolute atomic E-state index is 0. The monoisotopic (exact) mass is 430 g/mol. The molecule has 3 N–H and O–H groups in total. The molecule has 2 aromatic heterocycles. The first-order valence-electron chi connectivity index (χ1n) is 9.27. The molecule has 2 aromatic rings. The molecule has 0 aromatic carbocycles. The van der Waals surface area contributed by atoms with Gasteiger partial charge in [-0.1, -0.05) is 0 Å². The number of aromatic nitrogens is 3. The predicted octanol–water partition coefficient (Wildman–Crippen LogP) is 2.29. The number of amides is 1. The fraction of sp³-hybridized carbons (Fsp3) is 0.500. The van der Waals surface area contributed by atoms with E-state index in [0.29, 0.717) is 44.0 Å². The lowest BCUT2D eigenvalue weighted by Crippen LogP contribution is -2.45. The Morgan fingerprint density at radius 1 is 1.24 bits per heavy atom. The molecule has 4 rings (SSSR count). The number of alkyl halides is 3. The van der Waals surface area contributed by atoms with Gasteiger partial charge < -0.3 is 15.5 Å². The standard InChI is InChI=1S/C18H21F3N6O.ClH/c19-18(20,21)11-1-2-15(23-9-11)27-7-4-12(5-8-27)24-17(28)16-13-10-22-6-3-14(13)25-26-16;/h1-2,9,12,22H,3-8,10H2,(H,24,28)(H,25,26);1H. The van der Waals surface area contributed by atoms with Gasteiger partial charge in [0.15, 0.2) is 5.69 Å². The molecule has 4 heterocycles. The van der Waals surface area contributed by atoms with E-state index in [9.17, 15) is 18.0 Å². The Kier molecular flexibility index (Phi) is 6.33. The third-order valence-electron chi connectivity index (χ3n) is 5.25. The van der Waals surface area contributed by atoms with Crippen molar-refractivity contribution in [3.8, 4) is 0 Å². The number of rotatable bonds is 3. The number of fused-ring (bicyclic) bond motifs is 1. The molecule has 158 valence electrons. The summed E-state index contributed by atoms with van der Waals surface area (Å²) in [6.45, 7) is 2.73. The number of aromatic amines is 1. The average Bonchev–Trinajstić information content (AvgIpc) is 3.12. The highest BCUT2D eigenvalue weighted by Crippen LogP contribution is 2.29. The van der Waals surface area contributed by atoms with Crippen molar-refractivity contribution in [1.82, 2.24) is 25.8 Å². The van der Waals surface area contributed by atoms with Crippen molar-refractivity contribution >= 4 is 24.1 Å². The molecule has 1 amide bonds. The minimum Gasteiger partial charge on any atom is -0.356 e. The summed E-state index contributed by atoms with van der Waals surface area (Å²) < 4.78 is 38.0. The zero-order chi connectivity index (χ0) is 19.7. The van der Waals surface area contributed by atoms with Gasteiger partial charge in [-0.2, -0.15) is 18.3 Å². The Morgan fingerprint density at radius 3 is 2.66 bits per heavy atom. The fourth-order valence-corrected chi connectivity index (χ4v) is 3.66. The van der Waals surface area contributed by atoms with E-state index < -0.39 is 11.7 Å². The number of pyridine rings is 1. The van der Waals surface area contributed by atoms with Crippen LogP contribution in [0.15, 0.2) is 18.3 Å². The molecule has 0 radical (unpaired) electrons. The summed E-state index contributed by atoms with van der Waals surface area (Å²) in [5, 5.41) is 13.4. The summed E-state index contributed by atoms with van der Waals surface area (Å²) in [5.74, 6) is 0.331. The Morgan fingerprint density at radius 2 is 2.00 bits per heavy atom. The highest BCUT2D eigenvalue weighted by atomic mass is 35.5. The molecule has 0 bridgehead atoms. The molecule has 7 nitrogen and oxygen atoms in total. The number of nitrogens with one attached hydrogen (secondary N) is 3. The van der Waals surface area contributed by atoms with Crippen molar-refractivity contribution in [2.45, 2.75) is 38.0 Å². The van der Waals surface area contributed by atoms with E-state index >= 15 is 0 Å². The molecule has 0 saturated carbocycles. The van der Waals surface area contributed by atoms with Crippen LogP contribution in [0.1, 0.15) is 40.2 Å². The van der Waals surface area contributed by atoms with Gasteiger partial charge in [-0.25, -0.2) is 4.98 Å². The number of H-pyrrole nitrogens is 1. The van der Waals surface area contributed by atoms with Crippen LogP contribution in [-0.2, 0) is 19.1 Å². The van der Waals surface area contributed by atoms with E-state index in [4.69, 9.17) is 0 Å². The molecule has 2 aliphatic rings. The molecule has 0 spiro atoms. The smallest absolute Gasteiger partial charge is 0.356 e. The summed E-state index contributed by atoms with van der Waals surface area (Å²) in [7, 11) is 0. The highest BCUT2D eigenvalue weighted by Gasteiger charge is 2.31. The summed E-state index contributed by atoms with van der Waals surface area (Å²) in [5.41, 5.74) is 1.62. The summed E-state index contributed by atoms with van der Waals surface area (Å²) in [4.78, 5) is 18.4. The van der Waals surface area contributed by atoms with Crippen LogP contribution < -0.4 is 15.5 Å². The van der Waals surface area contributed by atoms with E-state index in [-0.39, 0.29) is 24.4 Å². The maximum atomic E-state index is 12.7. The van der Waals surface area contributed by atoms with Crippen molar-refractivity contribution < 1.29 is 18.0 Å². The Hall–Kier alpha value is -2.33. The number of nitrogens with zero attached hydrogens (tertiary/aromatic N) is 3. The lowest BCUT2D eigenvalue weighted by molar-refractivity contribution is -0.137. The van der Waals surface area contributed by atoms with Gasteiger partial charge in [0.2, 0.25) is 0 Å². The largest absolute Gasteiger partial charge is 0.417 e. The van der Waals surface area contributed by atoms with Crippen LogP contribution in [0.2, 0.25) is 0 Å². The number of hydrogen-bond acceptors (Lipinski definition) is 5. The third kappa shape index (κ3) is 4.64. The van der Waals surface area contributed by atoms with Gasteiger partial charge >= 0.3 is 6.18 Å². The van der Waals surface area contributed by atoms with E-state index in [0.717, 1.165) is 36.5 Å². The number of carbonyl (C=O) groups excluding carboxylic acids is 1. The molecule has 11 heteroatoms. The molecule has 0 unspecified atom stereocenters. The van der Waals surface area contributed by atoms with Gasteiger partial charge in [0.05, 0.1) is 5.56 Å². The second-order valence-electron chi connectivity index (χ2n) is 7.09. The molecular formula is C18H22ClF3N6O. The third-order valence-corrected chi connectivity index (χ3v) is 5.25. The first-order chi connectivity index (χ1) is 13.4. The van der Waals surface area contributed by atoms with Crippen LogP contribution in [0.25, 0.3) is 0 Å². The van der Waals surface area contributed by atoms with Crippen LogP contribution in [0, 0.1) is 0 Å². The Balaban J connectivity index is 0.00000240. The van der Waals surface area contributed by atoms with Gasteiger partial charge in [0.1, 0.15) is 5.82 Å². The van der Waals surface area contributed by atoms with Crippen LogP contribution in [-0.4, -0.2) is 46.8 Å². The number of hydrogen-bond donors (Lipinski definition) is 3. The first kappa shape index (κ1) is 21.4. The van der Waals surface area contributed by atoms with Crippen LogP contribution >= 0.6 is 12.4 Å². The normalized spacial score (nSPS) is 17.4. The number of piperidine rings is 1. The van der Waals surface area contributed by atoms with Crippen molar-refractivity contribution in [3.63, 3.8) is 0 Å². The number of anilines is 1. The zero-order valence-electron chi connectivity index (χ0n) is 15.6. The minimum atomic E-state index is -4.39. The molecule has 1 fully saturated rings. The van der Waals surface area contributed by atoms with E-state index in [1.165, 1.54) is 6.07 Å². The van der Waals surface area contributed by atoms with Gasteiger partial charge in [0.25, 0.3) is 5.91 Å². The topological polar surface area (TPSA) is 85.9 Å². The number of halogens is 4. The fourth-order valence-electron chi connectivity index (χ4n) is 3.66. The average molecular weight is 431 g/mol. The predicted molar refractivity (Wildman–Crippen MR) is 103 cm³/mol. The van der Waals surface area contributed by atoms with Crippen LogP contribution in [0.3, 0.4) is 0 Å². The molecule has 2 aliphatic heterocycles. The number of carbonyl (C=O) groups is 1. The summed E-state index contributed by atoms with van der Waals surface area (Å²) >= 11 is 0. The van der Waals surface area contributed by atoms with Gasteiger partial charge in [0, 0.05) is 56.1 Å². The van der Waals surface area contributed by atoms with E-state index in [1.54, 1.807) is 0 Å². The van der Waals surface area contributed by atoms with Gasteiger partial charge in [-0.15, -0.1) is 12.4 Å². The van der Waals surface area contributed by atoms with Crippen LogP contribution in [0.4, 0.5) is 19.0 Å². The zero-order valence-corrected chi connectivity index (χ0v) is 16.4. The second-order valence-corrected chi connectivity index (χ2v) is 7.09. The summed E-state index contributed by atoms with van der Waals surface area (Å²) in [6.07, 6.45) is -1.31. The van der Waals surface area contributed by atoms with Crippen molar-refractivity contribution in [3.05, 3.63) is 40.8 Å². The molecule has 0 aliphatic carbocycles. The Labute approximate surface area is 171 Å². The van der Waals surface area contributed by atoms with Crippen molar-refractivity contribution in [2.75, 3.05) is 24.5 Å². The maximum Gasteiger partial charge on any atom is 0.417 e. The van der Waals surface area contributed by atoms with Gasteiger partial charge in [-0.3, -0.25) is 9.89 Å². The second kappa shape index (κ2) is 8.58. The summed E-state index contributed by atoms with van der Waals surface area (Å²) in [6, 6.07) is 2.44. The van der Waals surface area contributed by atoms with E-state index in [1.807, 2.05) is 4.90 Å². The van der Waals surface area contributed by atoms with Crippen LogP contribution in [0.5, 0.6) is 0 Å². The molecule has 29 heavy (non-hydrogen) atoms.